The van der Waals surface area contributed by atoms with Gasteiger partial charge in [0.1, 0.15) is 5.60 Å². The van der Waals surface area contributed by atoms with Crippen molar-refractivity contribution in [3.8, 4) is 0 Å². The van der Waals surface area contributed by atoms with Crippen LogP contribution in [-0.4, -0.2) is 76.6 Å². The smallest absolute Gasteiger partial charge is 0.409 e. The van der Waals surface area contributed by atoms with E-state index in [9.17, 15) is 14.4 Å². The van der Waals surface area contributed by atoms with Crippen LogP contribution in [-0.2, 0) is 9.53 Å². The Morgan fingerprint density at radius 2 is 1.83 bits per heavy atom. The molecule has 0 unspecified atom stereocenters. The lowest BCUT2D eigenvalue weighted by atomic mass is 10.2. The Balaban J connectivity index is 2.13. The number of ether oxygens (including phenoxy) is 1. The summed E-state index contributed by atoms with van der Waals surface area (Å²) in [6.45, 7) is 7.71. The molecule has 2 N–H and O–H groups in total. The van der Waals surface area contributed by atoms with E-state index < -0.39 is 15.2 Å². The zero-order valence-corrected chi connectivity index (χ0v) is 20.6. The standard InChI is InChI=1S/C18H26ClIN4O4S/c1-17(2,3)28-16(27)22-18(20,15(26)24-9-7-23(4)8-10-24)11-21-14(25)12-5-6-13(19)29-12/h5-6H,7-11H2,1-4H3,(H,21,25)(H,22,27)/t18-/m1/s1. The van der Waals surface area contributed by atoms with Crippen molar-refractivity contribution in [1.82, 2.24) is 20.4 Å². The van der Waals surface area contributed by atoms with Crippen LogP contribution in [0.5, 0.6) is 0 Å². The molecule has 162 valence electrons. The third-order valence-corrected chi connectivity index (χ3v) is 6.46. The average Bonchev–Trinajstić information content (AvgIpc) is 3.04. The normalized spacial score (nSPS) is 17.4. The monoisotopic (exact) mass is 556 g/mol. The summed E-state index contributed by atoms with van der Waals surface area (Å²) in [4.78, 5) is 42.3. The number of amides is 3. The van der Waals surface area contributed by atoms with E-state index in [2.05, 4.69) is 15.5 Å². The number of rotatable bonds is 5. The van der Waals surface area contributed by atoms with Crippen molar-refractivity contribution in [1.29, 1.82) is 0 Å². The summed E-state index contributed by atoms with van der Waals surface area (Å²) < 4.78 is 4.44. The quantitative estimate of drug-likeness (QED) is 0.331. The summed E-state index contributed by atoms with van der Waals surface area (Å²) in [5.41, 5.74) is -0.713. The minimum absolute atomic E-state index is 0.0909. The molecule has 0 aromatic carbocycles. The van der Waals surface area contributed by atoms with E-state index in [1.54, 1.807) is 37.8 Å². The van der Waals surface area contributed by atoms with E-state index in [1.807, 2.05) is 29.6 Å². The molecule has 29 heavy (non-hydrogen) atoms. The van der Waals surface area contributed by atoms with Gasteiger partial charge in [0.05, 0.1) is 15.8 Å². The van der Waals surface area contributed by atoms with Crippen molar-refractivity contribution >= 4 is 63.4 Å². The molecule has 3 amide bonds. The molecule has 2 heterocycles. The molecule has 8 nitrogen and oxygen atoms in total. The highest BCUT2D eigenvalue weighted by atomic mass is 127. The molecule has 0 bridgehead atoms. The second kappa shape index (κ2) is 9.80. The second-order valence-electron chi connectivity index (χ2n) is 7.81. The van der Waals surface area contributed by atoms with Crippen LogP contribution in [0.3, 0.4) is 0 Å². The summed E-state index contributed by atoms with van der Waals surface area (Å²) in [5, 5.41) is 5.38. The van der Waals surface area contributed by atoms with Gasteiger partial charge in [-0.05, 0) is 62.5 Å². The first-order valence-electron chi connectivity index (χ1n) is 9.11. The van der Waals surface area contributed by atoms with Crippen molar-refractivity contribution < 1.29 is 19.1 Å². The lowest BCUT2D eigenvalue weighted by molar-refractivity contribution is -0.135. The fraction of sp³-hybridized carbons (Fsp3) is 0.611. The predicted octanol–water partition coefficient (Wildman–Crippen LogP) is 2.56. The van der Waals surface area contributed by atoms with Gasteiger partial charge in [0.25, 0.3) is 11.8 Å². The van der Waals surface area contributed by atoms with Crippen LogP contribution in [0.15, 0.2) is 12.1 Å². The van der Waals surface area contributed by atoms with Gasteiger partial charge < -0.3 is 19.9 Å². The summed E-state index contributed by atoms with van der Waals surface area (Å²) in [6.07, 6.45) is -0.720. The zero-order valence-electron chi connectivity index (χ0n) is 16.9. The molecule has 0 spiro atoms. The number of hydrogen-bond donors (Lipinski definition) is 2. The molecule has 11 heteroatoms. The number of piperazine rings is 1. The maximum Gasteiger partial charge on any atom is 0.409 e. The van der Waals surface area contributed by atoms with Gasteiger partial charge in [0.15, 0.2) is 3.55 Å². The van der Waals surface area contributed by atoms with Crippen LogP contribution in [0.2, 0.25) is 4.34 Å². The number of alkyl carbamates (subject to hydrolysis) is 1. The highest BCUT2D eigenvalue weighted by molar-refractivity contribution is 14.1. The van der Waals surface area contributed by atoms with Crippen LogP contribution >= 0.6 is 45.5 Å². The molecule has 0 aliphatic carbocycles. The second-order valence-corrected chi connectivity index (χ2v) is 11.4. The van der Waals surface area contributed by atoms with Crippen LogP contribution < -0.4 is 10.6 Å². The number of nitrogens with one attached hydrogen (secondary N) is 2. The van der Waals surface area contributed by atoms with Gasteiger partial charge in [-0.1, -0.05) is 11.6 Å². The van der Waals surface area contributed by atoms with Crippen molar-refractivity contribution in [2.24, 2.45) is 0 Å². The first-order valence-corrected chi connectivity index (χ1v) is 11.4. The molecule has 0 saturated carbocycles. The number of likely N-dealkylation sites (N-methyl/N-ethyl adjacent to an activating group) is 1. The number of carbonyl (C=O) groups is 3. The van der Waals surface area contributed by atoms with E-state index in [1.165, 1.54) is 0 Å². The molecule has 1 atom stereocenters. The Morgan fingerprint density at radius 3 is 2.34 bits per heavy atom. The van der Waals surface area contributed by atoms with E-state index in [-0.39, 0.29) is 18.4 Å². The van der Waals surface area contributed by atoms with Gasteiger partial charge in [0, 0.05) is 26.2 Å². The minimum atomic E-state index is -1.38. The molecule has 0 radical (unpaired) electrons. The average molecular weight is 557 g/mol. The summed E-state index contributed by atoms with van der Waals surface area (Å²) >= 11 is 8.91. The van der Waals surface area contributed by atoms with Crippen molar-refractivity contribution in [2.45, 2.75) is 29.9 Å². The Hall–Kier alpha value is -1.11. The molecule has 1 aromatic heterocycles. The summed E-state index contributed by atoms with van der Waals surface area (Å²) in [5.74, 6) is -0.637. The number of alkyl halides is 1. The van der Waals surface area contributed by atoms with Crippen molar-refractivity contribution in [3.63, 3.8) is 0 Å². The number of carbonyl (C=O) groups excluding carboxylic acids is 3. The molecule has 1 aliphatic rings. The molecule has 2 rings (SSSR count). The molecule has 1 aliphatic heterocycles. The van der Waals surface area contributed by atoms with Gasteiger partial charge in [-0.2, -0.15) is 0 Å². The van der Waals surface area contributed by atoms with Gasteiger partial charge in [-0.15, -0.1) is 11.3 Å². The highest BCUT2D eigenvalue weighted by Gasteiger charge is 2.42. The van der Waals surface area contributed by atoms with E-state index in [0.29, 0.717) is 22.3 Å². The van der Waals surface area contributed by atoms with Gasteiger partial charge in [-0.3, -0.25) is 14.9 Å². The first kappa shape index (κ1) is 24.2. The Labute approximate surface area is 193 Å². The van der Waals surface area contributed by atoms with Crippen molar-refractivity contribution in [3.05, 3.63) is 21.3 Å². The number of thiophene rings is 1. The largest absolute Gasteiger partial charge is 0.444 e. The predicted molar refractivity (Wildman–Crippen MR) is 122 cm³/mol. The third-order valence-electron chi connectivity index (χ3n) is 4.12. The summed E-state index contributed by atoms with van der Waals surface area (Å²) in [6, 6.07) is 3.24. The summed E-state index contributed by atoms with van der Waals surface area (Å²) in [7, 11) is 1.99. The number of halogens is 2. The lowest BCUT2D eigenvalue weighted by Gasteiger charge is -2.38. The van der Waals surface area contributed by atoms with Gasteiger partial charge in [0.2, 0.25) is 0 Å². The maximum absolute atomic E-state index is 13.2. The number of nitrogens with zero attached hydrogens (tertiary/aromatic N) is 2. The molecule has 1 aromatic rings. The Kier molecular flexibility index (Phi) is 8.16. The van der Waals surface area contributed by atoms with Gasteiger partial charge in [-0.25, -0.2) is 4.79 Å². The SMILES string of the molecule is CN1CCN(C(=O)[C@@](I)(CNC(=O)c2ccc(Cl)s2)NC(=O)OC(C)(C)C)CC1. The highest BCUT2D eigenvalue weighted by Crippen LogP contribution is 2.23. The van der Waals surface area contributed by atoms with Gasteiger partial charge >= 0.3 is 6.09 Å². The Morgan fingerprint density at radius 1 is 1.21 bits per heavy atom. The first-order chi connectivity index (χ1) is 13.4. The lowest BCUT2D eigenvalue weighted by Crippen LogP contribution is -2.63. The fourth-order valence-electron chi connectivity index (χ4n) is 2.62. The zero-order chi connectivity index (χ0) is 21.8. The van der Waals surface area contributed by atoms with Crippen LogP contribution in [0.4, 0.5) is 4.79 Å². The topological polar surface area (TPSA) is 91.0 Å². The van der Waals surface area contributed by atoms with Crippen molar-refractivity contribution in [2.75, 3.05) is 39.8 Å². The maximum atomic E-state index is 13.2. The minimum Gasteiger partial charge on any atom is -0.444 e. The third kappa shape index (κ3) is 7.26. The van der Waals surface area contributed by atoms with E-state index >= 15 is 0 Å². The Bertz CT molecular complexity index is 761. The van der Waals surface area contributed by atoms with Crippen LogP contribution in [0.1, 0.15) is 30.4 Å². The molecular formula is C18H26ClIN4O4S. The van der Waals surface area contributed by atoms with Crippen LogP contribution in [0, 0.1) is 0 Å². The van der Waals surface area contributed by atoms with E-state index in [4.69, 9.17) is 16.3 Å². The molecular weight excluding hydrogens is 531 g/mol. The molecule has 1 saturated heterocycles. The molecule has 1 fully saturated rings. The van der Waals surface area contributed by atoms with Crippen LogP contribution in [0.25, 0.3) is 0 Å². The van der Waals surface area contributed by atoms with E-state index in [0.717, 1.165) is 24.4 Å². The number of hydrogen-bond acceptors (Lipinski definition) is 6. The fourth-order valence-corrected chi connectivity index (χ4v) is 4.34.